The molecular weight excluding hydrogens is 589 g/mol. The molecular formula is C34H45Cl3N3O2-. The summed E-state index contributed by atoms with van der Waals surface area (Å²) in [5, 5.41) is 6.20. The Labute approximate surface area is 269 Å². The minimum absolute atomic E-state index is 0. The van der Waals surface area contributed by atoms with Crippen molar-refractivity contribution in [3.8, 4) is 0 Å². The van der Waals surface area contributed by atoms with Crippen molar-refractivity contribution < 1.29 is 38.9 Å². The highest BCUT2D eigenvalue weighted by Crippen LogP contribution is 2.30. The monoisotopic (exact) mass is 632 g/mol. The van der Waals surface area contributed by atoms with Crippen molar-refractivity contribution in [1.82, 2.24) is 0 Å². The largest absolute Gasteiger partial charge is 1.00 e. The zero-order valence-electron chi connectivity index (χ0n) is 25.5. The number of rotatable bonds is 14. The molecule has 0 aliphatic carbocycles. The molecule has 3 aromatic carbocycles. The molecule has 0 aliphatic heterocycles. The molecule has 8 heteroatoms. The maximum atomic E-state index is 12.9. The molecule has 0 fully saturated rings. The Morgan fingerprint density at radius 1 is 0.690 bits per heavy atom. The fraction of sp³-hybridized carbons (Fsp3) is 0.412. The van der Waals surface area contributed by atoms with Crippen molar-refractivity contribution in [1.29, 1.82) is 0 Å². The smallest absolute Gasteiger partial charge is 0.255 e. The molecule has 0 saturated carbocycles. The van der Waals surface area contributed by atoms with Crippen LogP contribution < -0.4 is 35.4 Å². The fourth-order valence-electron chi connectivity index (χ4n) is 4.64. The first kappa shape index (κ1) is 37.5. The molecule has 230 valence electrons. The number of nitrogens with one attached hydrogen (secondary N) is 2. The van der Waals surface area contributed by atoms with E-state index in [1.165, 1.54) is 56.2 Å². The molecule has 42 heavy (non-hydrogen) atoms. The fourth-order valence-corrected chi connectivity index (χ4v) is 4.85. The van der Waals surface area contributed by atoms with Gasteiger partial charge in [0, 0.05) is 16.8 Å². The van der Waals surface area contributed by atoms with Crippen LogP contribution in [0.3, 0.4) is 0 Å². The maximum Gasteiger partial charge on any atom is 0.255 e. The molecule has 0 heterocycles. The van der Waals surface area contributed by atoms with E-state index in [0.29, 0.717) is 27.5 Å². The van der Waals surface area contributed by atoms with Gasteiger partial charge in [0.25, 0.3) is 11.8 Å². The minimum Gasteiger partial charge on any atom is -1.00 e. The van der Waals surface area contributed by atoms with E-state index in [1.807, 2.05) is 55.5 Å². The number of halogens is 3. The summed E-state index contributed by atoms with van der Waals surface area (Å²) in [6, 6.07) is 18.8. The van der Waals surface area contributed by atoms with Crippen molar-refractivity contribution in [2.24, 2.45) is 0 Å². The summed E-state index contributed by atoms with van der Waals surface area (Å²) < 4.78 is 1.04. The lowest BCUT2D eigenvalue weighted by atomic mass is 10.0. The van der Waals surface area contributed by atoms with Gasteiger partial charge >= 0.3 is 0 Å². The average molecular weight is 634 g/mol. The summed E-state index contributed by atoms with van der Waals surface area (Å²) in [4.78, 5) is 25.6. The van der Waals surface area contributed by atoms with Crippen LogP contribution in [0, 0.1) is 6.92 Å². The van der Waals surface area contributed by atoms with Gasteiger partial charge in [-0.3, -0.25) is 9.59 Å². The number of nitrogens with zero attached hydrogens (tertiary/aromatic N) is 1. The Hall–Kier alpha value is -2.57. The molecule has 0 bridgehead atoms. The van der Waals surface area contributed by atoms with E-state index in [-0.39, 0.29) is 36.6 Å². The highest BCUT2D eigenvalue weighted by molar-refractivity contribution is 6.34. The first-order valence-electron chi connectivity index (χ1n) is 14.5. The summed E-state index contributed by atoms with van der Waals surface area (Å²) in [7, 11) is 6.75. The summed E-state index contributed by atoms with van der Waals surface area (Å²) in [5.74, 6) is -0.413. The van der Waals surface area contributed by atoms with E-state index in [0.717, 1.165) is 22.9 Å². The quantitative estimate of drug-likeness (QED) is 0.212. The van der Waals surface area contributed by atoms with Crippen LogP contribution in [0.4, 0.5) is 11.4 Å². The number of carbonyl (C=O) groups is 2. The second kappa shape index (κ2) is 18.2. The molecule has 0 atom stereocenters. The topological polar surface area (TPSA) is 58.2 Å². The molecule has 3 rings (SSSR count). The SMILES string of the molecule is CCc1ccc(C(=O)Nc2cc(Cl)c(NC(=O)c3ccc(CCCCCCCC[N+](C)(C)C)cc3)cc2C)cc1.[Cl-].[Cl-]. The third kappa shape index (κ3) is 12.3. The minimum atomic E-state index is -0.213. The van der Waals surface area contributed by atoms with Gasteiger partial charge in [0.1, 0.15) is 0 Å². The van der Waals surface area contributed by atoms with Crippen molar-refractivity contribution in [3.05, 3.63) is 93.5 Å². The third-order valence-electron chi connectivity index (χ3n) is 7.20. The second-order valence-electron chi connectivity index (χ2n) is 11.7. The lowest BCUT2D eigenvalue weighted by Gasteiger charge is -2.23. The van der Waals surface area contributed by atoms with Crippen LogP contribution in [-0.4, -0.2) is 44.0 Å². The van der Waals surface area contributed by atoms with Crippen LogP contribution in [-0.2, 0) is 12.8 Å². The highest BCUT2D eigenvalue weighted by atomic mass is 35.5. The number of quaternary nitrogens is 1. The lowest BCUT2D eigenvalue weighted by molar-refractivity contribution is -0.870. The molecule has 0 spiro atoms. The van der Waals surface area contributed by atoms with Gasteiger partial charge in [0.05, 0.1) is 38.4 Å². The van der Waals surface area contributed by atoms with E-state index in [4.69, 9.17) is 11.6 Å². The van der Waals surface area contributed by atoms with Crippen molar-refractivity contribution in [2.75, 3.05) is 38.3 Å². The van der Waals surface area contributed by atoms with Gasteiger partial charge in [0.2, 0.25) is 0 Å². The number of hydrogen-bond donors (Lipinski definition) is 2. The number of carbonyl (C=O) groups excluding carboxylic acids is 2. The Bertz CT molecular complexity index is 1270. The molecule has 2 amide bonds. The van der Waals surface area contributed by atoms with Gasteiger partial charge in [-0.25, -0.2) is 0 Å². The van der Waals surface area contributed by atoms with Crippen LogP contribution in [0.25, 0.3) is 0 Å². The Morgan fingerprint density at radius 3 is 1.69 bits per heavy atom. The Balaban J connectivity index is 0.00000441. The molecule has 0 saturated heterocycles. The normalized spacial score (nSPS) is 10.8. The van der Waals surface area contributed by atoms with Crippen LogP contribution in [0.1, 0.15) is 82.9 Å². The van der Waals surface area contributed by atoms with Crippen molar-refractivity contribution >= 4 is 34.8 Å². The number of anilines is 2. The molecule has 0 aliphatic rings. The second-order valence-corrected chi connectivity index (χ2v) is 12.1. The first-order chi connectivity index (χ1) is 19.1. The van der Waals surface area contributed by atoms with Crippen LogP contribution >= 0.6 is 11.6 Å². The summed E-state index contributed by atoms with van der Waals surface area (Å²) >= 11 is 6.49. The van der Waals surface area contributed by atoms with Gasteiger partial charge < -0.3 is 39.9 Å². The molecule has 0 unspecified atom stereocenters. The molecule has 5 nitrogen and oxygen atoms in total. The van der Waals surface area contributed by atoms with Crippen molar-refractivity contribution in [2.45, 2.75) is 65.2 Å². The zero-order chi connectivity index (χ0) is 29.1. The third-order valence-corrected chi connectivity index (χ3v) is 7.51. The Morgan fingerprint density at radius 2 is 1.17 bits per heavy atom. The highest BCUT2D eigenvalue weighted by Gasteiger charge is 2.14. The maximum absolute atomic E-state index is 12.9. The van der Waals surface area contributed by atoms with Gasteiger partial charge in [0.15, 0.2) is 0 Å². The van der Waals surface area contributed by atoms with Crippen LogP contribution in [0.15, 0.2) is 60.7 Å². The molecule has 3 aromatic rings. The summed E-state index contributed by atoms with van der Waals surface area (Å²) in [6.07, 6.45) is 9.57. The predicted octanol–water partition coefficient (Wildman–Crippen LogP) is 2.31. The Kier molecular flexibility index (Phi) is 16.2. The van der Waals surface area contributed by atoms with Crippen LogP contribution in [0.2, 0.25) is 5.02 Å². The van der Waals surface area contributed by atoms with Gasteiger partial charge in [-0.05, 0) is 92.1 Å². The van der Waals surface area contributed by atoms with Crippen molar-refractivity contribution in [3.63, 3.8) is 0 Å². The number of aryl methyl sites for hydroxylation is 3. The molecule has 0 aromatic heterocycles. The van der Waals surface area contributed by atoms with E-state index in [9.17, 15) is 9.59 Å². The van der Waals surface area contributed by atoms with Gasteiger partial charge in [-0.1, -0.05) is 62.1 Å². The average Bonchev–Trinajstić information content (AvgIpc) is 2.92. The zero-order valence-corrected chi connectivity index (χ0v) is 27.8. The van der Waals surface area contributed by atoms with Crippen LogP contribution in [0.5, 0.6) is 0 Å². The van der Waals surface area contributed by atoms with E-state index in [1.54, 1.807) is 12.1 Å². The summed E-state index contributed by atoms with van der Waals surface area (Å²) in [5.41, 5.74) is 5.53. The van der Waals surface area contributed by atoms with Gasteiger partial charge in [-0.15, -0.1) is 0 Å². The number of unbranched alkanes of at least 4 members (excludes halogenated alkanes) is 5. The van der Waals surface area contributed by atoms with E-state index < -0.39 is 0 Å². The first-order valence-corrected chi connectivity index (χ1v) is 14.8. The number of hydrogen-bond acceptors (Lipinski definition) is 2. The molecule has 2 N–H and O–H groups in total. The van der Waals surface area contributed by atoms with E-state index in [2.05, 4.69) is 38.7 Å². The summed E-state index contributed by atoms with van der Waals surface area (Å²) in [6.45, 7) is 5.19. The molecule has 0 radical (unpaired) electrons. The number of benzene rings is 3. The van der Waals surface area contributed by atoms with E-state index >= 15 is 0 Å². The standard InChI is InChI=1S/C34H44ClN3O2.2ClH/c1-6-26-14-18-28(19-15-26)33(39)36-31-24-30(35)32(23-25(31)2)37-34(40)29-20-16-27(17-21-29)13-11-9-7-8-10-12-22-38(3,4)5;;/h14-21,23-24H,6-13,22H2,1-5H3,(H-,36,37,39,40);2*1H/p-1. The lowest BCUT2D eigenvalue weighted by Crippen LogP contribution is -3.00. The number of amides is 2. The predicted molar refractivity (Wildman–Crippen MR) is 169 cm³/mol. The van der Waals surface area contributed by atoms with Gasteiger partial charge in [-0.2, -0.15) is 0 Å².